The second kappa shape index (κ2) is 6.84. The minimum absolute atomic E-state index is 0.166. The number of hydrogen-bond donors (Lipinski definition) is 1. The van der Waals surface area contributed by atoms with Gasteiger partial charge in [0.25, 0.3) is 0 Å². The minimum atomic E-state index is 0.166. The van der Waals surface area contributed by atoms with Crippen molar-refractivity contribution in [1.82, 2.24) is 4.90 Å². The molecule has 1 aliphatic heterocycles. The van der Waals surface area contributed by atoms with E-state index in [9.17, 15) is 0 Å². The third kappa shape index (κ3) is 3.78. The second-order valence-electron chi connectivity index (χ2n) is 5.71. The lowest BCUT2D eigenvalue weighted by molar-refractivity contribution is 0.0628. The lowest BCUT2D eigenvalue weighted by atomic mass is 9.95. The number of aryl methyl sites for hydroxylation is 1. The second-order valence-corrected chi connectivity index (χ2v) is 7.03. The van der Waals surface area contributed by atoms with Gasteiger partial charge in [0.15, 0.2) is 0 Å². The molecule has 3 atom stereocenters. The number of ether oxygens (including phenoxy) is 1. The molecule has 19 heavy (non-hydrogen) atoms. The summed E-state index contributed by atoms with van der Waals surface area (Å²) in [4.78, 5) is 5.33. The van der Waals surface area contributed by atoms with Crippen LogP contribution in [0.5, 0.6) is 0 Å². The summed E-state index contributed by atoms with van der Waals surface area (Å²) in [5, 5.41) is 0. The Bertz CT molecular complexity index is 389. The van der Waals surface area contributed by atoms with Gasteiger partial charge >= 0.3 is 0 Å². The van der Waals surface area contributed by atoms with Crippen LogP contribution in [0.3, 0.4) is 0 Å². The van der Waals surface area contributed by atoms with E-state index in [0.717, 1.165) is 19.7 Å². The summed E-state index contributed by atoms with van der Waals surface area (Å²) in [6, 6.07) is 4.97. The first-order valence-electron chi connectivity index (χ1n) is 7.16. The van der Waals surface area contributed by atoms with Crippen molar-refractivity contribution in [3.05, 3.63) is 21.9 Å². The van der Waals surface area contributed by atoms with Crippen LogP contribution in [0, 0.1) is 12.8 Å². The van der Waals surface area contributed by atoms with E-state index in [1.165, 1.54) is 22.6 Å². The molecule has 0 saturated carbocycles. The molecule has 4 heteroatoms. The smallest absolute Gasteiger partial charge is 0.0590 e. The molecule has 0 spiro atoms. The van der Waals surface area contributed by atoms with Crippen LogP contribution in [0.25, 0.3) is 0 Å². The highest BCUT2D eigenvalue weighted by molar-refractivity contribution is 7.12. The average Bonchev–Trinajstić information content (AvgIpc) is 2.76. The zero-order chi connectivity index (χ0) is 13.8. The van der Waals surface area contributed by atoms with Crippen molar-refractivity contribution in [3.63, 3.8) is 0 Å². The fourth-order valence-corrected chi connectivity index (χ4v) is 4.23. The number of rotatable bonds is 5. The van der Waals surface area contributed by atoms with Gasteiger partial charge in [-0.25, -0.2) is 0 Å². The van der Waals surface area contributed by atoms with Gasteiger partial charge in [-0.1, -0.05) is 0 Å². The topological polar surface area (TPSA) is 38.5 Å². The highest BCUT2D eigenvalue weighted by atomic mass is 32.1. The van der Waals surface area contributed by atoms with Gasteiger partial charge in [0.2, 0.25) is 0 Å². The van der Waals surface area contributed by atoms with Crippen LogP contribution in [0.2, 0.25) is 0 Å². The summed E-state index contributed by atoms with van der Waals surface area (Å²) in [7, 11) is 1.80. The first-order chi connectivity index (χ1) is 9.11. The molecule has 1 aromatic heterocycles. The number of nitrogens with two attached hydrogens (primary N) is 1. The van der Waals surface area contributed by atoms with Crippen molar-refractivity contribution in [2.24, 2.45) is 11.7 Å². The van der Waals surface area contributed by atoms with Crippen molar-refractivity contribution in [3.8, 4) is 0 Å². The normalized spacial score (nSPS) is 24.3. The number of piperidine rings is 1. The van der Waals surface area contributed by atoms with E-state index in [4.69, 9.17) is 10.5 Å². The Morgan fingerprint density at radius 1 is 1.53 bits per heavy atom. The summed E-state index contributed by atoms with van der Waals surface area (Å²) in [5.41, 5.74) is 6.26. The average molecular weight is 282 g/mol. The number of hydrogen-bond acceptors (Lipinski definition) is 4. The highest BCUT2D eigenvalue weighted by Gasteiger charge is 2.29. The minimum Gasteiger partial charge on any atom is -0.384 e. The van der Waals surface area contributed by atoms with Gasteiger partial charge in [0, 0.05) is 29.5 Å². The fourth-order valence-electron chi connectivity index (χ4n) is 3.11. The van der Waals surface area contributed by atoms with Crippen molar-refractivity contribution >= 4 is 11.3 Å². The molecular formula is C15H26N2OS. The Balaban J connectivity index is 2.10. The summed E-state index contributed by atoms with van der Waals surface area (Å²) in [6.45, 7) is 7.42. The molecule has 1 aliphatic rings. The largest absolute Gasteiger partial charge is 0.384 e. The van der Waals surface area contributed by atoms with E-state index in [1.54, 1.807) is 7.11 Å². The molecule has 0 aromatic carbocycles. The molecule has 1 saturated heterocycles. The third-order valence-corrected chi connectivity index (χ3v) is 4.97. The monoisotopic (exact) mass is 282 g/mol. The number of likely N-dealkylation sites (tertiary alicyclic amines) is 1. The molecule has 0 amide bonds. The maximum atomic E-state index is 6.26. The first kappa shape index (κ1) is 15.0. The van der Waals surface area contributed by atoms with E-state index in [0.29, 0.717) is 12.0 Å². The van der Waals surface area contributed by atoms with Crippen molar-refractivity contribution in [1.29, 1.82) is 0 Å². The van der Waals surface area contributed by atoms with E-state index in [1.807, 2.05) is 11.3 Å². The Labute approximate surface area is 120 Å². The molecule has 3 unspecified atom stereocenters. The number of thiophene rings is 1. The van der Waals surface area contributed by atoms with Crippen LogP contribution in [0.4, 0.5) is 0 Å². The number of nitrogens with zero attached hydrogens (tertiary/aromatic N) is 1. The quantitative estimate of drug-likeness (QED) is 0.902. The zero-order valence-electron chi connectivity index (χ0n) is 12.3. The van der Waals surface area contributed by atoms with Crippen molar-refractivity contribution in [2.45, 2.75) is 38.8 Å². The Morgan fingerprint density at radius 3 is 2.89 bits per heavy atom. The highest BCUT2D eigenvalue weighted by Crippen LogP contribution is 2.32. The SMILES string of the molecule is COCC1CCCN(C(c2ccc(C)s2)C(C)N)C1. The first-order valence-corrected chi connectivity index (χ1v) is 7.98. The lowest BCUT2D eigenvalue weighted by Gasteiger charge is -2.39. The molecule has 2 N–H and O–H groups in total. The summed E-state index contributed by atoms with van der Waals surface area (Å²) in [5.74, 6) is 0.654. The van der Waals surface area contributed by atoms with Gasteiger partial charge in [-0.05, 0) is 51.3 Å². The van der Waals surface area contributed by atoms with Crippen LogP contribution in [0.15, 0.2) is 12.1 Å². The van der Waals surface area contributed by atoms with E-state index in [2.05, 4.69) is 30.9 Å². The molecule has 1 aromatic rings. The standard InChI is InChI=1S/C15H26N2OS/c1-11-6-7-14(19-11)15(12(2)16)17-8-4-5-13(9-17)10-18-3/h6-7,12-13,15H,4-5,8-10,16H2,1-3H3. The van der Waals surface area contributed by atoms with Gasteiger partial charge in [0.1, 0.15) is 0 Å². The summed E-state index contributed by atoms with van der Waals surface area (Å²) >= 11 is 1.88. The Kier molecular flexibility index (Phi) is 5.39. The van der Waals surface area contributed by atoms with Crippen LogP contribution >= 0.6 is 11.3 Å². The Hall–Kier alpha value is -0.420. The fraction of sp³-hybridized carbons (Fsp3) is 0.733. The van der Waals surface area contributed by atoms with Crippen LogP contribution in [-0.2, 0) is 4.74 Å². The van der Waals surface area contributed by atoms with Gasteiger partial charge in [-0.3, -0.25) is 4.90 Å². The maximum Gasteiger partial charge on any atom is 0.0590 e. The molecule has 0 aliphatic carbocycles. The van der Waals surface area contributed by atoms with Gasteiger partial charge in [0.05, 0.1) is 12.6 Å². The lowest BCUT2D eigenvalue weighted by Crippen LogP contribution is -2.45. The maximum absolute atomic E-state index is 6.26. The third-order valence-electron chi connectivity index (χ3n) is 3.90. The van der Waals surface area contributed by atoms with Crippen molar-refractivity contribution < 1.29 is 4.74 Å². The van der Waals surface area contributed by atoms with Gasteiger partial charge in [-0.15, -0.1) is 11.3 Å². The van der Waals surface area contributed by atoms with Crippen LogP contribution in [-0.4, -0.2) is 37.7 Å². The molecule has 2 heterocycles. The van der Waals surface area contributed by atoms with Crippen molar-refractivity contribution in [2.75, 3.05) is 26.8 Å². The van der Waals surface area contributed by atoms with E-state index in [-0.39, 0.29) is 6.04 Å². The molecule has 108 valence electrons. The summed E-state index contributed by atoms with van der Waals surface area (Å²) in [6.07, 6.45) is 2.53. The molecular weight excluding hydrogens is 256 g/mol. The van der Waals surface area contributed by atoms with Gasteiger partial charge in [-0.2, -0.15) is 0 Å². The van der Waals surface area contributed by atoms with Gasteiger partial charge < -0.3 is 10.5 Å². The summed E-state index contributed by atoms with van der Waals surface area (Å²) < 4.78 is 5.32. The van der Waals surface area contributed by atoms with Crippen LogP contribution < -0.4 is 5.73 Å². The Morgan fingerprint density at radius 2 is 2.32 bits per heavy atom. The molecule has 0 bridgehead atoms. The molecule has 3 nitrogen and oxygen atoms in total. The predicted molar refractivity (Wildman–Crippen MR) is 81.6 cm³/mol. The van der Waals surface area contributed by atoms with E-state index >= 15 is 0 Å². The zero-order valence-corrected chi connectivity index (χ0v) is 13.1. The predicted octanol–water partition coefficient (Wildman–Crippen LogP) is 2.80. The molecule has 0 radical (unpaired) electrons. The van der Waals surface area contributed by atoms with E-state index < -0.39 is 0 Å². The van der Waals surface area contributed by atoms with Crippen LogP contribution in [0.1, 0.15) is 35.6 Å². The molecule has 2 rings (SSSR count). The molecule has 1 fully saturated rings. The number of methoxy groups -OCH3 is 1.